The van der Waals surface area contributed by atoms with Crippen molar-refractivity contribution in [2.45, 2.75) is 31.9 Å². The number of nitrogens with one attached hydrogen (secondary N) is 1. The third-order valence-electron chi connectivity index (χ3n) is 2.99. The average Bonchev–Trinajstić information content (AvgIpc) is 2.41. The Kier molecular flexibility index (Phi) is 6.30. The van der Waals surface area contributed by atoms with Gasteiger partial charge in [-0.15, -0.1) is 0 Å². The summed E-state index contributed by atoms with van der Waals surface area (Å²) >= 11 is 9.30. The van der Waals surface area contributed by atoms with Crippen LogP contribution >= 0.6 is 27.5 Å². The number of carbonyl (C=O) groups is 1. The molecule has 1 rings (SSSR count). The first kappa shape index (κ1) is 17.3. The molecule has 6 heteroatoms. The van der Waals surface area contributed by atoms with E-state index in [9.17, 15) is 4.79 Å². The molecule has 0 radical (unpaired) electrons. The van der Waals surface area contributed by atoms with Crippen molar-refractivity contribution in [3.05, 3.63) is 27.7 Å². The highest BCUT2D eigenvalue weighted by Crippen LogP contribution is 2.27. The number of esters is 1. The van der Waals surface area contributed by atoms with Crippen molar-refractivity contribution >= 4 is 39.2 Å². The largest absolute Gasteiger partial charge is 0.467 e. The summed E-state index contributed by atoms with van der Waals surface area (Å²) in [4.78, 5) is 11.9. The number of benzene rings is 1. The molecular formula is C14H19BrClNO3. The molecule has 1 unspecified atom stereocenters. The zero-order valence-electron chi connectivity index (χ0n) is 12.0. The van der Waals surface area contributed by atoms with E-state index in [0.29, 0.717) is 11.4 Å². The Morgan fingerprint density at radius 3 is 2.60 bits per heavy atom. The Balaban J connectivity index is 2.89. The average molecular weight is 365 g/mol. The lowest BCUT2D eigenvalue weighted by Gasteiger charge is -2.28. The molecule has 0 saturated carbocycles. The first-order chi connectivity index (χ1) is 9.29. The number of anilines is 1. The molecule has 0 aromatic heterocycles. The minimum atomic E-state index is -0.497. The molecule has 0 aliphatic carbocycles. The lowest BCUT2D eigenvalue weighted by Crippen LogP contribution is -2.39. The van der Waals surface area contributed by atoms with Gasteiger partial charge in [-0.1, -0.05) is 11.6 Å². The number of halogens is 2. The fraction of sp³-hybridized carbons (Fsp3) is 0.500. The monoisotopic (exact) mass is 363 g/mol. The Morgan fingerprint density at radius 2 is 2.10 bits per heavy atom. The summed E-state index contributed by atoms with van der Waals surface area (Å²) in [6.45, 7) is 3.84. The SMILES string of the molecule is COC(=O)C(CC(C)(C)OC)Nc1ccc(Cl)c(Br)c1. The quantitative estimate of drug-likeness (QED) is 0.778. The third-order valence-corrected chi connectivity index (χ3v) is 4.21. The van der Waals surface area contributed by atoms with Crippen LogP contribution in [0.25, 0.3) is 0 Å². The van der Waals surface area contributed by atoms with Gasteiger partial charge in [0.2, 0.25) is 0 Å². The van der Waals surface area contributed by atoms with E-state index >= 15 is 0 Å². The minimum absolute atomic E-state index is 0.332. The van der Waals surface area contributed by atoms with E-state index in [2.05, 4.69) is 21.2 Å². The van der Waals surface area contributed by atoms with Crippen molar-refractivity contribution in [2.75, 3.05) is 19.5 Å². The molecule has 1 N–H and O–H groups in total. The number of carbonyl (C=O) groups excluding carboxylic acids is 1. The van der Waals surface area contributed by atoms with Gasteiger partial charge in [-0.05, 0) is 48.0 Å². The van der Waals surface area contributed by atoms with Crippen molar-refractivity contribution in [3.63, 3.8) is 0 Å². The van der Waals surface area contributed by atoms with Crippen molar-refractivity contribution in [3.8, 4) is 0 Å². The summed E-state index contributed by atoms with van der Waals surface area (Å²) in [6, 6.07) is 4.88. The Bertz CT molecular complexity index is 479. The van der Waals surface area contributed by atoms with Gasteiger partial charge in [0.25, 0.3) is 0 Å². The summed E-state index contributed by atoms with van der Waals surface area (Å²) in [7, 11) is 2.99. The van der Waals surface area contributed by atoms with E-state index < -0.39 is 11.6 Å². The summed E-state index contributed by atoms with van der Waals surface area (Å²) in [6.07, 6.45) is 0.483. The lowest BCUT2D eigenvalue weighted by atomic mass is 9.98. The summed E-state index contributed by atoms with van der Waals surface area (Å²) in [5.41, 5.74) is 0.346. The fourth-order valence-corrected chi connectivity index (χ4v) is 2.19. The minimum Gasteiger partial charge on any atom is -0.467 e. The van der Waals surface area contributed by atoms with E-state index in [4.69, 9.17) is 21.1 Å². The maximum Gasteiger partial charge on any atom is 0.328 e. The number of ether oxygens (including phenoxy) is 2. The molecule has 0 bridgehead atoms. The molecule has 0 aliphatic rings. The zero-order valence-corrected chi connectivity index (χ0v) is 14.3. The Hall–Kier alpha value is -0.780. The number of rotatable bonds is 6. The summed E-state index contributed by atoms with van der Waals surface area (Å²) < 4.78 is 11.0. The van der Waals surface area contributed by atoms with E-state index in [0.717, 1.165) is 10.2 Å². The molecule has 4 nitrogen and oxygen atoms in total. The molecule has 0 fully saturated rings. The van der Waals surface area contributed by atoms with Crippen LogP contribution in [0, 0.1) is 0 Å². The van der Waals surface area contributed by atoms with Crippen LogP contribution in [-0.4, -0.2) is 31.8 Å². The Labute approximate surface area is 132 Å². The van der Waals surface area contributed by atoms with Gasteiger partial charge in [-0.25, -0.2) is 4.79 Å². The number of methoxy groups -OCH3 is 2. The van der Waals surface area contributed by atoms with Crippen LogP contribution in [0.4, 0.5) is 5.69 Å². The number of hydrogen-bond acceptors (Lipinski definition) is 4. The highest BCUT2D eigenvalue weighted by Gasteiger charge is 2.28. The van der Waals surface area contributed by atoms with Gasteiger partial charge in [0, 0.05) is 23.7 Å². The molecule has 0 amide bonds. The maximum absolute atomic E-state index is 11.9. The van der Waals surface area contributed by atoms with Gasteiger partial charge in [-0.2, -0.15) is 0 Å². The standard InChI is InChI=1S/C14H19BrClNO3/c1-14(2,20-4)8-12(13(18)19-3)17-9-5-6-11(16)10(15)7-9/h5-7,12,17H,8H2,1-4H3. The second-order valence-corrected chi connectivity index (χ2v) is 6.28. The van der Waals surface area contributed by atoms with Gasteiger partial charge in [0.15, 0.2) is 0 Å². The van der Waals surface area contributed by atoms with Crippen molar-refractivity contribution in [2.24, 2.45) is 0 Å². The molecule has 0 heterocycles. The van der Waals surface area contributed by atoms with Crippen molar-refractivity contribution in [1.82, 2.24) is 0 Å². The Morgan fingerprint density at radius 1 is 1.45 bits per heavy atom. The van der Waals surface area contributed by atoms with Crippen LogP contribution in [-0.2, 0) is 14.3 Å². The molecule has 112 valence electrons. The molecular weight excluding hydrogens is 346 g/mol. The highest BCUT2D eigenvalue weighted by atomic mass is 79.9. The normalized spacial score (nSPS) is 12.9. The second kappa shape index (κ2) is 7.29. The molecule has 0 saturated heterocycles. The predicted molar refractivity (Wildman–Crippen MR) is 84.3 cm³/mol. The maximum atomic E-state index is 11.9. The summed E-state index contributed by atoms with van der Waals surface area (Å²) in [5, 5.41) is 3.76. The fourth-order valence-electron chi connectivity index (χ4n) is 1.70. The van der Waals surface area contributed by atoms with Gasteiger partial charge in [0.05, 0.1) is 17.7 Å². The lowest BCUT2D eigenvalue weighted by molar-refractivity contribution is -0.143. The van der Waals surface area contributed by atoms with Crippen LogP contribution in [0.1, 0.15) is 20.3 Å². The van der Waals surface area contributed by atoms with Crippen LogP contribution in [0.3, 0.4) is 0 Å². The molecule has 0 spiro atoms. The zero-order chi connectivity index (χ0) is 15.3. The molecule has 1 atom stereocenters. The second-order valence-electron chi connectivity index (χ2n) is 5.02. The summed E-state index contributed by atoms with van der Waals surface area (Å²) in [5.74, 6) is -0.332. The predicted octanol–water partition coefficient (Wildman–Crippen LogP) is 3.87. The smallest absolute Gasteiger partial charge is 0.328 e. The van der Waals surface area contributed by atoms with Crippen molar-refractivity contribution in [1.29, 1.82) is 0 Å². The van der Waals surface area contributed by atoms with E-state index in [-0.39, 0.29) is 5.97 Å². The third kappa shape index (κ3) is 4.96. The van der Waals surface area contributed by atoms with Gasteiger partial charge in [-0.3, -0.25) is 0 Å². The van der Waals surface area contributed by atoms with E-state index in [1.165, 1.54) is 7.11 Å². The van der Waals surface area contributed by atoms with Gasteiger partial charge < -0.3 is 14.8 Å². The van der Waals surface area contributed by atoms with Gasteiger partial charge >= 0.3 is 5.97 Å². The van der Waals surface area contributed by atoms with E-state index in [1.807, 2.05) is 26.0 Å². The molecule has 20 heavy (non-hydrogen) atoms. The van der Waals surface area contributed by atoms with Gasteiger partial charge in [0.1, 0.15) is 6.04 Å². The van der Waals surface area contributed by atoms with Crippen LogP contribution in [0.15, 0.2) is 22.7 Å². The highest BCUT2D eigenvalue weighted by molar-refractivity contribution is 9.10. The van der Waals surface area contributed by atoms with Crippen LogP contribution < -0.4 is 5.32 Å². The number of hydrogen-bond donors (Lipinski definition) is 1. The first-order valence-corrected chi connectivity index (χ1v) is 7.30. The topological polar surface area (TPSA) is 47.6 Å². The van der Waals surface area contributed by atoms with Crippen LogP contribution in [0.2, 0.25) is 5.02 Å². The first-order valence-electron chi connectivity index (χ1n) is 6.13. The molecule has 1 aromatic rings. The molecule has 1 aromatic carbocycles. The van der Waals surface area contributed by atoms with E-state index in [1.54, 1.807) is 13.2 Å². The van der Waals surface area contributed by atoms with Crippen LogP contribution in [0.5, 0.6) is 0 Å². The van der Waals surface area contributed by atoms with Crippen molar-refractivity contribution < 1.29 is 14.3 Å². The molecule has 0 aliphatic heterocycles.